The van der Waals surface area contributed by atoms with Crippen LogP contribution in [0.5, 0.6) is 0 Å². The van der Waals surface area contributed by atoms with Gasteiger partial charge in [0.1, 0.15) is 10.3 Å². The van der Waals surface area contributed by atoms with Crippen molar-refractivity contribution >= 4 is 21.7 Å². The highest BCUT2D eigenvalue weighted by Gasteiger charge is 2.04. The largest absolute Gasteiger partial charge is 0.244 e. The molecule has 2 aromatic heterocycles. The summed E-state index contributed by atoms with van der Waals surface area (Å²) < 4.78 is 0. The van der Waals surface area contributed by atoms with E-state index in [2.05, 4.69) is 16.9 Å². The van der Waals surface area contributed by atoms with E-state index in [4.69, 9.17) is 0 Å². The zero-order chi connectivity index (χ0) is 8.55. The van der Waals surface area contributed by atoms with Crippen molar-refractivity contribution in [3.05, 3.63) is 22.8 Å². The van der Waals surface area contributed by atoms with E-state index in [-0.39, 0.29) is 0 Å². The van der Waals surface area contributed by atoms with Gasteiger partial charge in [-0.25, -0.2) is 9.97 Å². The van der Waals surface area contributed by atoms with Crippen LogP contribution in [-0.4, -0.2) is 9.97 Å². The second-order valence-corrected chi connectivity index (χ2v) is 3.89. The second-order valence-electron chi connectivity index (χ2n) is 2.71. The van der Waals surface area contributed by atoms with Gasteiger partial charge in [-0.2, -0.15) is 0 Å². The van der Waals surface area contributed by atoms with Gasteiger partial charge in [0.25, 0.3) is 0 Å². The zero-order valence-electron chi connectivity index (χ0n) is 7.16. The number of hydrogen-bond donors (Lipinski definition) is 0. The van der Waals surface area contributed by atoms with Crippen molar-refractivity contribution in [2.24, 2.45) is 0 Å². The Morgan fingerprint density at radius 2 is 2.33 bits per heavy atom. The summed E-state index contributed by atoms with van der Waals surface area (Å²) in [6.45, 7) is 4.16. The molecule has 2 aromatic rings. The van der Waals surface area contributed by atoms with Gasteiger partial charge in [0.15, 0.2) is 0 Å². The van der Waals surface area contributed by atoms with Gasteiger partial charge in [-0.1, -0.05) is 18.3 Å². The van der Waals surface area contributed by atoms with Crippen molar-refractivity contribution in [1.29, 1.82) is 0 Å². The normalized spacial score (nSPS) is 10.8. The Morgan fingerprint density at radius 3 is 3.08 bits per heavy atom. The van der Waals surface area contributed by atoms with Crippen LogP contribution in [0.3, 0.4) is 0 Å². The predicted octanol–water partition coefficient (Wildman–Crippen LogP) is 2.56. The average Bonchev–Trinajstić information content (AvgIpc) is 2.44. The molecule has 2 nitrogen and oxygen atoms in total. The number of nitrogens with zero attached hydrogens (tertiary/aromatic N) is 2. The van der Waals surface area contributed by atoms with E-state index in [1.54, 1.807) is 11.3 Å². The lowest BCUT2D eigenvalue weighted by molar-refractivity contribution is 1.13. The summed E-state index contributed by atoms with van der Waals surface area (Å²) in [5.41, 5.74) is 2.38. The molecule has 12 heavy (non-hydrogen) atoms. The molecule has 0 aliphatic rings. The summed E-state index contributed by atoms with van der Waals surface area (Å²) in [5, 5.41) is 1.10. The summed E-state index contributed by atoms with van der Waals surface area (Å²) in [5.74, 6) is 0. The number of thiazole rings is 1. The molecule has 0 saturated carbocycles. The van der Waals surface area contributed by atoms with E-state index >= 15 is 0 Å². The molecule has 0 aliphatic heterocycles. The summed E-state index contributed by atoms with van der Waals surface area (Å²) in [6, 6.07) is 2.04. The number of aromatic nitrogens is 2. The lowest BCUT2D eigenvalue weighted by Gasteiger charge is -1.94. The molecule has 62 valence electrons. The fourth-order valence-electron chi connectivity index (χ4n) is 1.27. The number of pyridine rings is 1. The third-order valence-electron chi connectivity index (χ3n) is 1.87. The van der Waals surface area contributed by atoms with Gasteiger partial charge < -0.3 is 0 Å². The number of fused-ring (bicyclic) bond motifs is 1. The number of hydrogen-bond acceptors (Lipinski definition) is 3. The highest BCUT2D eigenvalue weighted by atomic mass is 32.1. The van der Waals surface area contributed by atoms with Gasteiger partial charge in [-0.3, -0.25) is 0 Å². The molecule has 0 N–H and O–H groups in total. The van der Waals surface area contributed by atoms with E-state index < -0.39 is 0 Å². The summed E-state index contributed by atoms with van der Waals surface area (Å²) >= 11 is 1.66. The maximum atomic E-state index is 4.44. The fraction of sp³-hybridized carbons (Fsp3) is 0.333. The van der Waals surface area contributed by atoms with Crippen LogP contribution in [0.25, 0.3) is 10.3 Å². The Hall–Kier alpha value is -0.960. The van der Waals surface area contributed by atoms with Crippen molar-refractivity contribution in [1.82, 2.24) is 9.97 Å². The molecule has 2 rings (SSSR count). The van der Waals surface area contributed by atoms with E-state index in [1.165, 1.54) is 5.56 Å². The molecule has 0 aromatic carbocycles. The molecule has 0 bridgehead atoms. The third kappa shape index (κ3) is 1.10. The predicted molar refractivity (Wildman–Crippen MR) is 51.5 cm³/mol. The molecule has 0 atom stereocenters. The fourth-order valence-corrected chi connectivity index (χ4v) is 2.08. The molecule has 3 heteroatoms. The number of aryl methyl sites for hydroxylation is 2. The van der Waals surface area contributed by atoms with Crippen LogP contribution >= 0.6 is 11.3 Å². The SMILES string of the molecule is CCc1ccnc2sc(C)nc12. The van der Waals surface area contributed by atoms with Crippen LogP contribution in [0.2, 0.25) is 0 Å². The van der Waals surface area contributed by atoms with E-state index in [9.17, 15) is 0 Å². The highest BCUT2D eigenvalue weighted by Crippen LogP contribution is 2.22. The molecule has 0 fully saturated rings. The lowest BCUT2D eigenvalue weighted by atomic mass is 10.2. The maximum Gasteiger partial charge on any atom is 0.143 e. The highest BCUT2D eigenvalue weighted by molar-refractivity contribution is 7.18. The molecule has 2 heterocycles. The van der Waals surface area contributed by atoms with Crippen LogP contribution in [0, 0.1) is 6.92 Å². The molecule has 0 aliphatic carbocycles. The minimum absolute atomic E-state index is 1.03. The van der Waals surface area contributed by atoms with Gasteiger partial charge in [0.2, 0.25) is 0 Å². The Bertz CT molecular complexity index is 406. The van der Waals surface area contributed by atoms with Gasteiger partial charge in [0.05, 0.1) is 5.01 Å². The first-order valence-corrected chi connectivity index (χ1v) is 4.84. The molecular weight excluding hydrogens is 168 g/mol. The minimum atomic E-state index is 1.03. The minimum Gasteiger partial charge on any atom is -0.244 e. The molecule has 0 spiro atoms. The monoisotopic (exact) mass is 178 g/mol. The topological polar surface area (TPSA) is 25.8 Å². The first-order chi connectivity index (χ1) is 5.81. The molecular formula is C9H10N2S. The first kappa shape index (κ1) is 7.68. The Kier molecular flexibility index (Phi) is 1.81. The van der Waals surface area contributed by atoms with Crippen LogP contribution in [0.4, 0.5) is 0 Å². The zero-order valence-corrected chi connectivity index (χ0v) is 7.98. The standard InChI is InChI=1S/C9H10N2S/c1-3-7-4-5-10-9-8(7)11-6(2)12-9/h4-5H,3H2,1-2H3. The van der Waals surface area contributed by atoms with E-state index in [0.717, 1.165) is 21.8 Å². The number of rotatable bonds is 1. The van der Waals surface area contributed by atoms with Crippen molar-refractivity contribution in [3.63, 3.8) is 0 Å². The summed E-state index contributed by atoms with van der Waals surface area (Å²) in [4.78, 5) is 9.77. The molecule has 0 radical (unpaired) electrons. The van der Waals surface area contributed by atoms with Gasteiger partial charge in [0, 0.05) is 6.20 Å². The van der Waals surface area contributed by atoms with Crippen molar-refractivity contribution in [2.75, 3.05) is 0 Å². The van der Waals surface area contributed by atoms with Crippen molar-refractivity contribution < 1.29 is 0 Å². The van der Waals surface area contributed by atoms with Crippen molar-refractivity contribution in [3.8, 4) is 0 Å². The Labute approximate surface area is 75.3 Å². The van der Waals surface area contributed by atoms with Crippen LogP contribution in [0.15, 0.2) is 12.3 Å². The Balaban J connectivity index is 2.78. The van der Waals surface area contributed by atoms with E-state index in [0.29, 0.717) is 0 Å². The molecule has 0 unspecified atom stereocenters. The van der Waals surface area contributed by atoms with Crippen LogP contribution in [0.1, 0.15) is 17.5 Å². The van der Waals surface area contributed by atoms with Gasteiger partial charge in [-0.15, -0.1) is 0 Å². The van der Waals surface area contributed by atoms with Gasteiger partial charge in [-0.05, 0) is 25.0 Å². The molecule has 0 amide bonds. The lowest BCUT2D eigenvalue weighted by Crippen LogP contribution is -1.83. The quantitative estimate of drug-likeness (QED) is 0.670. The smallest absolute Gasteiger partial charge is 0.143 e. The molecule has 0 saturated heterocycles. The van der Waals surface area contributed by atoms with Crippen LogP contribution < -0.4 is 0 Å². The van der Waals surface area contributed by atoms with Crippen molar-refractivity contribution in [2.45, 2.75) is 20.3 Å². The van der Waals surface area contributed by atoms with Crippen LogP contribution in [-0.2, 0) is 6.42 Å². The Morgan fingerprint density at radius 1 is 1.50 bits per heavy atom. The maximum absolute atomic E-state index is 4.44. The summed E-state index contributed by atoms with van der Waals surface area (Å²) in [7, 11) is 0. The third-order valence-corrected chi connectivity index (χ3v) is 2.75. The average molecular weight is 178 g/mol. The van der Waals surface area contributed by atoms with Gasteiger partial charge >= 0.3 is 0 Å². The summed E-state index contributed by atoms with van der Waals surface area (Å²) in [6.07, 6.45) is 2.89. The second kappa shape index (κ2) is 2.83. The first-order valence-electron chi connectivity index (χ1n) is 4.02. The van der Waals surface area contributed by atoms with E-state index in [1.807, 2.05) is 19.2 Å².